The predicted molar refractivity (Wildman–Crippen MR) is 101 cm³/mol. The van der Waals surface area contributed by atoms with Gasteiger partial charge in [-0.05, 0) is 34.8 Å². The minimum atomic E-state index is 0.0962. The Balaban J connectivity index is 1.98. The van der Waals surface area contributed by atoms with E-state index >= 15 is 0 Å². The largest absolute Gasteiger partial charge is 0.134 e. The Bertz CT molecular complexity index is 657. The molecule has 1 aliphatic heterocycles. The van der Waals surface area contributed by atoms with Gasteiger partial charge in [0.15, 0.2) is 0 Å². The maximum atomic E-state index is 2.49. The van der Waals surface area contributed by atoms with Crippen LogP contribution in [0, 0.1) is 10.8 Å². The number of thioether (sulfide) groups is 1. The molecule has 2 aliphatic rings. The lowest BCUT2D eigenvalue weighted by molar-refractivity contribution is 0.208. The Labute approximate surface area is 144 Å². The third-order valence-electron chi connectivity index (χ3n) is 6.40. The Morgan fingerprint density at radius 1 is 0.652 bits per heavy atom. The van der Waals surface area contributed by atoms with Gasteiger partial charge in [0.2, 0.25) is 0 Å². The van der Waals surface area contributed by atoms with Crippen LogP contribution < -0.4 is 0 Å². The zero-order valence-corrected chi connectivity index (χ0v) is 15.4. The van der Waals surface area contributed by atoms with Gasteiger partial charge in [-0.3, -0.25) is 0 Å². The summed E-state index contributed by atoms with van der Waals surface area (Å²) in [6, 6.07) is 22.4. The number of hydrogen-bond acceptors (Lipinski definition) is 1. The van der Waals surface area contributed by atoms with Gasteiger partial charge in [-0.15, -0.1) is 11.8 Å². The van der Waals surface area contributed by atoms with E-state index in [1.807, 2.05) is 0 Å². The monoisotopic (exact) mass is 322 g/mol. The molecule has 0 N–H and O–H groups in total. The molecule has 1 aliphatic carbocycles. The normalized spacial score (nSPS) is 25.4. The van der Waals surface area contributed by atoms with E-state index in [9.17, 15) is 0 Å². The van der Waals surface area contributed by atoms with Crippen LogP contribution in [-0.2, 0) is 4.75 Å². The van der Waals surface area contributed by atoms with Gasteiger partial charge in [0, 0.05) is 0 Å². The van der Waals surface area contributed by atoms with E-state index in [0.29, 0.717) is 10.8 Å². The zero-order chi connectivity index (χ0) is 16.3. The molecule has 1 heterocycles. The summed E-state index contributed by atoms with van der Waals surface area (Å²) in [6.45, 7) is 9.95. The average molecular weight is 323 g/mol. The highest BCUT2D eigenvalue weighted by Crippen LogP contribution is 2.87. The lowest BCUT2D eigenvalue weighted by atomic mass is 9.62. The van der Waals surface area contributed by atoms with Crippen molar-refractivity contribution in [1.82, 2.24) is 0 Å². The summed E-state index contributed by atoms with van der Waals surface area (Å²) in [5.41, 5.74) is 3.62. The van der Waals surface area contributed by atoms with E-state index in [1.165, 1.54) is 24.0 Å². The highest BCUT2D eigenvalue weighted by molar-refractivity contribution is 8.09. The van der Waals surface area contributed by atoms with Crippen LogP contribution in [0.3, 0.4) is 0 Å². The summed E-state index contributed by atoms with van der Waals surface area (Å²) in [7, 11) is 0. The van der Waals surface area contributed by atoms with Crippen molar-refractivity contribution in [3.63, 3.8) is 0 Å². The van der Waals surface area contributed by atoms with Gasteiger partial charge < -0.3 is 0 Å². The minimum Gasteiger partial charge on any atom is -0.134 e. The molecule has 2 aromatic carbocycles. The summed E-state index contributed by atoms with van der Waals surface area (Å²) >= 11 is 2.21. The Morgan fingerprint density at radius 3 is 1.43 bits per heavy atom. The third kappa shape index (κ3) is 1.75. The second-order valence-corrected chi connectivity index (χ2v) is 9.89. The van der Waals surface area contributed by atoms with Crippen LogP contribution in [0.5, 0.6) is 0 Å². The molecule has 0 radical (unpaired) electrons. The molecule has 1 heteroatoms. The minimum absolute atomic E-state index is 0.0962. The number of hydrogen-bond donors (Lipinski definition) is 0. The van der Waals surface area contributed by atoms with Gasteiger partial charge in [-0.25, -0.2) is 0 Å². The van der Waals surface area contributed by atoms with Crippen LogP contribution in [0.25, 0.3) is 0 Å². The molecule has 0 aromatic heterocycles. The first kappa shape index (κ1) is 15.3. The molecule has 0 amide bonds. The lowest BCUT2D eigenvalue weighted by Gasteiger charge is -2.39. The van der Waals surface area contributed by atoms with E-state index in [1.54, 1.807) is 0 Å². The molecule has 0 nitrogen and oxygen atoms in total. The van der Waals surface area contributed by atoms with E-state index < -0.39 is 0 Å². The van der Waals surface area contributed by atoms with E-state index in [-0.39, 0.29) is 9.49 Å². The van der Waals surface area contributed by atoms with Gasteiger partial charge in [-0.2, -0.15) is 0 Å². The van der Waals surface area contributed by atoms with Crippen LogP contribution >= 0.6 is 11.8 Å². The fourth-order valence-electron chi connectivity index (χ4n) is 5.36. The molecular weight excluding hydrogens is 296 g/mol. The van der Waals surface area contributed by atoms with Crippen molar-refractivity contribution in [2.24, 2.45) is 10.8 Å². The van der Waals surface area contributed by atoms with Gasteiger partial charge in [0.1, 0.15) is 0 Å². The van der Waals surface area contributed by atoms with Gasteiger partial charge in [-0.1, -0.05) is 88.4 Å². The Morgan fingerprint density at radius 2 is 1.04 bits per heavy atom. The molecule has 4 rings (SSSR count). The quantitative estimate of drug-likeness (QED) is 0.588. The topological polar surface area (TPSA) is 0 Å². The Kier molecular flexibility index (Phi) is 3.11. The molecule has 1 saturated heterocycles. The summed E-state index contributed by atoms with van der Waals surface area (Å²) in [4.78, 5) is 0. The van der Waals surface area contributed by atoms with Crippen molar-refractivity contribution < 1.29 is 0 Å². The van der Waals surface area contributed by atoms with Crippen molar-refractivity contribution >= 4 is 11.8 Å². The number of benzene rings is 2. The van der Waals surface area contributed by atoms with Crippen molar-refractivity contribution in [3.05, 3.63) is 71.8 Å². The lowest BCUT2D eigenvalue weighted by Crippen LogP contribution is -2.43. The smallest absolute Gasteiger partial charge is 0.0821 e. The van der Waals surface area contributed by atoms with E-state index in [4.69, 9.17) is 0 Å². The van der Waals surface area contributed by atoms with Crippen LogP contribution in [0.4, 0.5) is 0 Å². The standard InChI is InChI=1S/C22H26S/c1-19(2)15-16-20(3,4)22(19)21(23-22,17-11-7-5-8-12-17)18-13-9-6-10-14-18/h5-14H,15-16H2,1-4H3. The molecule has 1 spiro atoms. The Hall–Kier alpha value is -1.21. The summed E-state index contributed by atoms with van der Waals surface area (Å²) < 4.78 is 0.370. The van der Waals surface area contributed by atoms with Gasteiger partial charge in [0.05, 0.1) is 9.49 Å². The zero-order valence-electron chi connectivity index (χ0n) is 14.6. The fourth-order valence-corrected chi connectivity index (χ4v) is 7.82. The molecule has 0 unspecified atom stereocenters. The average Bonchev–Trinajstić information content (AvgIpc) is 3.25. The fraction of sp³-hybridized carbons (Fsp3) is 0.455. The first-order valence-electron chi connectivity index (χ1n) is 8.69. The third-order valence-corrected chi connectivity index (χ3v) is 9.00. The SMILES string of the molecule is CC1(C)CCC(C)(C)C12SC2(c1ccccc1)c1ccccc1. The molecule has 0 atom stereocenters. The molecule has 0 bridgehead atoms. The predicted octanol–water partition coefficient (Wildman–Crippen LogP) is 6.26. The van der Waals surface area contributed by atoms with Crippen LogP contribution in [0.15, 0.2) is 60.7 Å². The van der Waals surface area contributed by atoms with Crippen molar-refractivity contribution in [3.8, 4) is 0 Å². The molecule has 23 heavy (non-hydrogen) atoms. The molecule has 2 fully saturated rings. The van der Waals surface area contributed by atoms with Crippen LogP contribution in [-0.4, -0.2) is 4.75 Å². The molecular formula is C22H26S. The second kappa shape index (κ2) is 4.66. The number of rotatable bonds is 2. The van der Waals surface area contributed by atoms with Gasteiger partial charge >= 0.3 is 0 Å². The molecule has 1 saturated carbocycles. The first-order valence-corrected chi connectivity index (χ1v) is 9.50. The summed E-state index contributed by atoms with van der Waals surface area (Å²) in [5, 5.41) is 0. The maximum absolute atomic E-state index is 2.49. The first-order chi connectivity index (χ1) is 10.9. The summed E-state index contributed by atoms with van der Waals surface area (Å²) in [5.74, 6) is 0. The van der Waals surface area contributed by atoms with E-state index in [0.717, 1.165) is 0 Å². The van der Waals surface area contributed by atoms with Crippen molar-refractivity contribution in [2.45, 2.75) is 50.0 Å². The van der Waals surface area contributed by atoms with Gasteiger partial charge in [0.25, 0.3) is 0 Å². The highest BCUT2D eigenvalue weighted by atomic mass is 32.2. The van der Waals surface area contributed by atoms with Crippen molar-refractivity contribution in [1.29, 1.82) is 0 Å². The van der Waals surface area contributed by atoms with E-state index in [2.05, 4.69) is 100 Å². The molecule has 120 valence electrons. The molecule has 2 aromatic rings. The second-order valence-electron chi connectivity index (χ2n) is 8.46. The highest BCUT2D eigenvalue weighted by Gasteiger charge is 2.82. The summed E-state index contributed by atoms with van der Waals surface area (Å²) in [6.07, 6.45) is 2.63. The van der Waals surface area contributed by atoms with Crippen LogP contribution in [0.2, 0.25) is 0 Å². The van der Waals surface area contributed by atoms with Crippen molar-refractivity contribution in [2.75, 3.05) is 0 Å². The van der Waals surface area contributed by atoms with Crippen LogP contribution in [0.1, 0.15) is 51.7 Å². The maximum Gasteiger partial charge on any atom is 0.0821 e.